The lowest BCUT2D eigenvalue weighted by Gasteiger charge is -2.29. The van der Waals surface area contributed by atoms with Crippen molar-refractivity contribution in [2.75, 3.05) is 6.54 Å². The molecule has 1 aliphatic heterocycles. The molecule has 1 amide bonds. The van der Waals surface area contributed by atoms with E-state index in [1.54, 1.807) is 0 Å². The molecule has 140 valence electrons. The molecule has 0 bridgehead atoms. The van der Waals surface area contributed by atoms with Gasteiger partial charge in [-0.25, -0.2) is 0 Å². The van der Waals surface area contributed by atoms with Gasteiger partial charge in [-0.1, -0.05) is 33.6 Å². The molecule has 0 aromatic rings. The predicted octanol–water partition coefficient (Wildman–Crippen LogP) is -0.450. The van der Waals surface area contributed by atoms with Gasteiger partial charge in [0, 0.05) is 6.04 Å². The maximum Gasteiger partial charge on any atom is 0.451 e. The lowest BCUT2D eigenvalue weighted by Crippen LogP contribution is -2.54. The van der Waals surface area contributed by atoms with E-state index in [4.69, 9.17) is 20.9 Å². The van der Waals surface area contributed by atoms with Crippen LogP contribution < -0.4 is 16.4 Å². The Morgan fingerprint density at radius 1 is 1.38 bits per heavy atom. The number of piperidine rings is 1. The molecule has 1 aliphatic rings. The van der Waals surface area contributed by atoms with Crippen molar-refractivity contribution in [3.05, 3.63) is 0 Å². The minimum Gasteiger partial charge on any atom is -0.480 e. The van der Waals surface area contributed by atoms with Crippen LogP contribution in [0.3, 0.4) is 0 Å². The summed E-state index contributed by atoms with van der Waals surface area (Å²) in [5.74, 6) is -1.000. The van der Waals surface area contributed by atoms with Crippen LogP contribution >= 0.6 is 0 Å². The number of amides is 1. The van der Waals surface area contributed by atoms with E-state index < -0.39 is 25.2 Å². The monoisotopic (exact) mass is 345 g/mol. The zero-order chi connectivity index (χ0) is 18.7. The number of carboxylic acids is 1. The van der Waals surface area contributed by atoms with Gasteiger partial charge < -0.3 is 31.5 Å². The van der Waals surface area contributed by atoms with Crippen LogP contribution in [0.25, 0.3) is 0 Å². The molecule has 8 nitrogen and oxygen atoms in total. The van der Waals surface area contributed by atoms with Crippen LogP contribution in [-0.4, -0.2) is 58.8 Å². The molecule has 1 fully saturated rings. The second-order valence-corrected chi connectivity index (χ2v) is 6.47. The molecule has 3 unspecified atom stereocenters. The quantitative estimate of drug-likeness (QED) is 0.343. The number of carboxylic acid groups (broad SMARTS) is 1. The summed E-state index contributed by atoms with van der Waals surface area (Å²) in [6, 6.07) is -1.22. The topological polar surface area (TPSA) is 145 Å². The second kappa shape index (κ2) is 12.2. The third-order valence-electron chi connectivity index (χ3n) is 3.89. The number of hydrogen-bond donors (Lipinski definition) is 6. The molecular weight excluding hydrogens is 313 g/mol. The van der Waals surface area contributed by atoms with Crippen LogP contribution in [0, 0.1) is 5.92 Å². The van der Waals surface area contributed by atoms with Crippen LogP contribution in [0.5, 0.6) is 0 Å². The Balaban J connectivity index is 0.000000640. The van der Waals surface area contributed by atoms with Crippen molar-refractivity contribution in [3.63, 3.8) is 0 Å². The highest BCUT2D eigenvalue weighted by atomic mass is 16.4. The molecule has 0 spiro atoms. The largest absolute Gasteiger partial charge is 0.480 e. The molecule has 1 saturated heterocycles. The maximum absolute atomic E-state index is 11.7. The number of rotatable bonds is 7. The van der Waals surface area contributed by atoms with E-state index in [1.807, 2.05) is 20.8 Å². The standard InChI is InChI=1S/C11H21N3O3.C4H11BO2/c1-6(2)9(12)10(15)14-7-3-4-13-8(5-7)11(16)17;1-2-3-4-5(6)7/h6-9,13H,3-5,12H2,1-2H3,(H,14,15)(H,16,17);6-7H,2-4H2,1H3. The number of aliphatic carboxylic acids is 1. The minimum atomic E-state index is -1.10. The molecule has 24 heavy (non-hydrogen) atoms. The van der Waals surface area contributed by atoms with E-state index in [9.17, 15) is 9.59 Å². The maximum atomic E-state index is 11.7. The molecule has 0 aliphatic carbocycles. The minimum absolute atomic E-state index is 0.0759. The highest BCUT2D eigenvalue weighted by molar-refractivity contribution is 6.40. The van der Waals surface area contributed by atoms with Crippen LogP contribution in [-0.2, 0) is 9.59 Å². The molecule has 0 aromatic carbocycles. The van der Waals surface area contributed by atoms with Gasteiger partial charge >= 0.3 is 13.1 Å². The van der Waals surface area contributed by atoms with Crippen LogP contribution in [0.1, 0.15) is 46.5 Å². The average Bonchev–Trinajstić information content (AvgIpc) is 2.52. The SMILES string of the molecule is CC(C)C(N)C(=O)NC1CCNC(C(=O)O)C1.CCCCB(O)O. The fourth-order valence-corrected chi connectivity index (χ4v) is 2.22. The van der Waals surface area contributed by atoms with Crippen molar-refractivity contribution < 1.29 is 24.7 Å². The number of unbranched alkanes of at least 4 members (excludes halogenated alkanes) is 1. The van der Waals surface area contributed by atoms with Gasteiger partial charge in [-0.2, -0.15) is 0 Å². The third kappa shape index (κ3) is 9.87. The highest BCUT2D eigenvalue weighted by Gasteiger charge is 2.28. The number of carbonyl (C=O) groups is 2. The summed E-state index contributed by atoms with van der Waals surface area (Å²) in [6.45, 7) is 6.38. The van der Waals surface area contributed by atoms with E-state index in [0.717, 1.165) is 19.3 Å². The molecule has 0 saturated carbocycles. The van der Waals surface area contributed by atoms with E-state index >= 15 is 0 Å². The number of carbonyl (C=O) groups excluding carboxylic acids is 1. The van der Waals surface area contributed by atoms with Gasteiger partial charge in [0.15, 0.2) is 0 Å². The summed E-state index contributed by atoms with van der Waals surface area (Å²) < 4.78 is 0. The smallest absolute Gasteiger partial charge is 0.451 e. The highest BCUT2D eigenvalue weighted by Crippen LogP contribution is 2.10. The van der Waals surface area contributed by atoms with E-state index in [2.05, 4.69) is 10.6 Å². The van der Waals surface area contributed by atoms with Gasteiger partial charge in [-0.15, -0.1) is 0 Å². The Kier molecular flexibility index (Phi) is 11.7. The zero-order valence-electron chi connectivity index (χ0n) is 14.9. The molecule has 0 radical (unpaired) electrons. The van der Waals surface area contributed by atoms with E-state index in [-0.39, 0.29) is 17.9 Å². The van der Waals surface area contributed by atoms with Gasteiger partial charge in [0.25, 0.3) is 0 Å². The van der Waals surface area contributed by atoms with Crippen molar-refractivity contribution in [2.45, 2.75) is 70.9 Å². The fraction of sp³-hybridized carbons (Fsp3) is 0.867. The Morgan fingerprint density at radius 3 is 2.42 bits per heavy atom. The molecule has 1 rings (SSSR count). The molecular formula is C15H32BN3O5. The molecule has 1 heterocycles. The fourth-order valence-electron chi connectivity index (χ4n) is 2.22. The van der Waals surface area contributed by atoms with Gasteiger partial charge in [0.2, 0.25) is 5.91 Å². The van der Waals surface area contributed by atoms with Crippen molar-refractivity contribution >= 4 is 19.0 Å². The summed E-state index contributed by atoms with van der Waals surface area (Å²) >= 11 is 0. The van der Waals surface area contributed by atoms with Gasteiger partial charge in [-0.3, -0.25) is 9.59 Å². The first-order valence-corrected chi connectivity index (χ1v) is 8.57. The van der Waals surface area contributed by atoms with Crippen molar-refractivity contribution in [1.82, 2.24) is 10.6 Å². The summed E-state index contributed by atoms with van der Waals surface area (Å²) in [6.07, 6.45) is 3.58. The number of nitrogens with one attached hydrogen (secondary N) is 2. The lowest BCUT2D eigenvalue weighted by atomic mass is 9.84. The summed E-state index contributed by atoms with van der Waals surface area (Å²) in [5.41, 5.74) is 5.73. The first-order valence-electron chi connectivity index (χ1n) is 8.57. The summed E-state index contributed by atoms with van der Waals surface area (Å²) in [4.78, 5) is 22.6. The van der Waals surface area contributed by atoms with E-state index in [1.165, 1.54) is 0 Å². The van der Waals surface area contributed by atoms with Crippen LogP contribution in [0.15, 0.2) is 0 Å². The van der Waals surface area contributed by atoms with Crippen molar-refractivity contribution in [3.8, 4) is 0 Å². The average molecular weight is 345 g/mol. The number of nitrogens with two attached hydrogens (primary N) is 1. The van der Waals surface area contributed by atoms with Crippen LogP contribution in [0.4, 0.5) is 0 Å². The Labute approximate surface area is 144 Å². The Hall–Kier alpha value is -1.16. The molecule has 7 N–H and O–H groups in total. The summed E-state index contributed by atoms with van der Waals surface area (Å²) in [5, 5.41) is 31.1. The zero-order valence-corrected chi connectivity index (χ0v) is 14.9. The molecule has 9 heteroatoms. The van der Waals surface area contributed by atoms with E-state index in [0.29, 0.717) is 19.3 Å². The van der Waals surface area contributed by atoms with Gasteiger partial charge in [-0.05, 0) is 31.6 Å². The van der Waals surface area contributed by atoms with Crippen molar-refractivity contribution in [2.24, 2.45) is 11.7 Å². The first-order chi connectivity index (χ1) is 11.2. The van der Waals surface area contributed by atoms with Crippen molar-refractivity contribution in [1.29, 1.82) is 0 Å². The molecule has 3 atom stereocenters. The summed E-state index contributed by atoms with van der Waals surface area (Å²) in [7, 11) is -1.10. The lowest BCUT2D eigenvalue weighted by molar-refractivity contribution is -0.140. The van der Waals surface area contributed by atoms with Gasteiger partial charge in [0.05, 0.1) is 6.04 Å². The predicted molar refractivity (Wildman–Crippen MR) is 93.3 cm³/mol. The second-order valence-electron chi connectivity index (χ2n) is 6.47. The normalized spacial score (nSPS) is 21.5. The van der Waals surface area contributed by atoms with Gasteiger partial charge in [0.1, 0.15) is 6.04 Å². The third-order valence-corrected chi connectivity index (χ3v) is 3.89. The Morgan fingerprint density at radius 2 is 2.00 bits per heavy atom. The first kappa shape index (κ1) is 22.8. The van der Waals surface area contributed by atoms with Crippen LogP contribution in [0.2, 0.25) is 6.32 Å². The molecule has 0 aromatic heterocycles. The number of hydrogen-bond acceptors (Lipinski definition) is 6. The Bertz CT molecular complexity index is 382.